The summed E-state index contributed by atoms with van der Waals surface area (Å²) in [6.07, 6.45) is 1.96. The fraction of sp³-hybridized carbons (Fsp3) is 0.250. The zero-order chi connectivity index (χ0) is 17.8. The molecular weight excluding hydrogens is 376 g/mol. The van der Waals surface area contributed by atoms with Gasteiger partial charge in [0.05, 0.1) is 17.3 Å². The number of nitrogens with one attached hydrogen (secondary N) is 1. The van der Waals surface area contributed by atoms with Crippen molar-refractivity contribution in [1.29, 1.82) is 5.26 Å². The quantitative estimate of drug-likeness (QED) is 0.681. The highest BCUT2D eigenvalue weighted by Gasteiger charge is 2.36. The first-order valence-corrected chi connectivity index (χ1v) is 9.03. The number of H-pyrrole nitrogens is 1. The molecule has 1 aliphatic rings. The second-order valence-corrected chi connectivity index (χ2v) is 7.77. The molecule has 3 N–H and O–H groups in total. The van der Waals surface area contributed by atoms with Gasteiger partial charge in [0.2, 0.25) is 0 Å². The van der Waals surface area contributed by atoms with Gasteiger partial charge in [0.1, 0.15) is 0 Å². The summed E-state index contributed by atoms with van der Waals surface area (Å²) in [6.45, 7) is 5.67. The third-order valence-electron chi connectivity index (χ3n) is 5.21. The largest absolute Gasteiger partial charge is 0.361 e. The highest BCUT2D eigenvalue weighted by molar-refractivity contribution is 9.10. The lowest BCUT2D eigenvalue weighted by Gasteiger charge is -2.37. The van der Waals surface area contributed by atoms with Gasteiger partial charge in [-0.3, -0.25) is 4.90 Å². The number of aryl methyl sites for hydroxylation is 1. The summed E-state index contributed by atoms with van der Waals surface area (Å²) in [7, 11) is 0. The SMILES string of the molecule is Cc1cc(Br)c(C(C)(N)N2Cc3ccc(C#N)cc3C2)c2cc[nH]c12. The van der Waals surface area contributed by atoms with Crippen LogP contribution in [0.1, 0.15) is 34.7 Å². The Morgan fingerprint density at radius 3 is 2.76 bits per heavy atom. The molecule has 1 aromatic heterocycles. The van der Waals surface area contributed by atoms with E-state index in [4.69, 9.17) is 11.0 Å². The molecule has 0 saturated carbocycles. The Balaban J connectivity index is 1.79. The summed E-state index contributed by atoms with van der Waals surface area (Å²) < 4.78 is 1.02. The topological polar surface area (TPSA) is 68.8 Å². The number of halogens is 1. The fourth-order valence-corrected chi connectivity index (χ4v) is 4.79. The minimum absolute atomic E-state index is 0.640. The number of nitrogens with two attached hydrogens (primary N) is 1. The van der Waals surface area contributed by atoms with Crippen molar-refractivity contribution in [2.24, 2.45) is 5.73 Å². The maximum atomic E-state index is 9.13. The van der Waals surface area contributed by atoms with Crippen molar-refractivity contribution in [3.8, 4) is 6.07 Å². The van der Waals surface area contributed by atoms with E-state index in [-0.39, 0.29) is 0 Å². The normalized spacial score (nSPS) is 16.6. The minimum atomic E-state index is -0.640. The highest BCUT2D eigenvalue weighted by atomic mass is 79.9. The number of fused-ring (bicyclic) bond motifs is 2. The first-order valence-electron chi connectivity index (χ1n) is 8.24. The van der Waals surface area contributed by atoms with Crippen molar-refractivity contribution in [1.82, 2.24) is 9.88 Å². The van der Waals surface area contributed by atoms with E-state index in [0.717, 1.165) is 34.0 Å². The fourth-order valence-electron chi connectivity index (χ4n) is 3.83. The molecule has 0 amide bonds. The van der Waals surface area contributed by atoms with E-state index in [1.54, 1.807) is 0 Å². The maximum Gasteiger partial charge on any atom is 0.0991 e. The smallest absolute Gasteiger partial charge is 0.0991 e. The summed E-state index contributed by atoms with van der Waals surface area (Å²) in [6, 6.07) is 12.3. The van der Waals surface area contributed by atoms with E-state index in [0.29, 0.717) is 5.56 Å². The van der Waals surface area contributed by atoms with Crippen LogP contribution in [0.15, 0.2) is 41.0 Å². The lowest BCUT2D eigenvalue weighted by atomic mass is 9.95. The van der Waals surface area contributed by atoms with Gasteiger partial charge in [0.25, 0.3) is 0 Å². The number of hydrogen-bond acceptors (Lipinski definition) is 3. The Hall–Kier alpha value is -2.13. The zero-order valence-corrected chi connectivity index (χ0v) is 15.8. The monoisotopic (exact) mass is 394 g/mol. The Labute approximate surface area is 155 Å². The predicted molar refractivity (Wildman–Crippen MR) is 103 cm³/mol. The van der Waals surface area contributed by atoms with Gasteiger partial charge in [-0.1, -0.05) is 22.0 Å². The molecule has 3 aromatic rings. The van der Waals surface area contributed by atoms with E-state index < -0.39 is 5.66 Å². The van der Waals surface area contributed by atoms with E-state index in [2.05, 4.69) is 57.9 Å². The van der Waals surface area contributed by atoms with Crippen LogP contribution in [0.5, 0.6) is 0 Å². The molecule has 4 nitrogen and oxygen atoms in total. The zero-order valence-electron chi connectivity index (χ0n) is 14.2. The Morgan fingerprint density at radius 2 is 2.00 bits per heavy atom. The number of nitrogens with zero attached hydrogens (tertiary/aromatic N) is 2. The third kappa shape index (κ3) is 2.49. The lowest BCUT2D eigenvalue weighted by Crippen LogP contribution is -2.48. The van der Waals surface area contributed by atoms with Crippen molar-refractivity contribution in [3.05, 3.63) is 68.8 Å². The van der Waals surface area contributed by atoms with Crippen LogP contribution < -0.4 is 5.73 Å². The van der Waals surface area contributed by atoms with Crippen molar-refractivity contribution in [3.63, 3.8) is 0 Å². The summed E-state index contributed by atoms with van der Waals surface area (Å²) in [5.41, 5.74) is 12.8. The maximum absolute atomic E-state index is 9.13. The molecule has 0 radical (unpaired) electrons. The summed E-state index contributed by atoms with van der Waals surface area (Å²) in [5.74, 6) is 0. The first-order chi connectivity index (χ1) is 11.9. The number of aromatic amines is 1. The van der Waals surface area contributed by atoms with Crippen LogP contribution in [0.3, 0.4) is 0 Å². The molecule has 2 heterocycles. The molecule has 126 valence electrons. The van der Waals surface area contributed by atoms with Crippen molar-refractivity contribution < 1.29 is 0 Å². The minimum Gasteiger partial charge on any atom is -0.361 e. The summed E-state index contributed by atoms with van der Waals surface area (Å²) in [4.78, 5) is 5.58. The van der Waals surface area contributed by atoms with Crippen LogP contribution >= 0.6 is 15.9 Å². The van der Waals surface area contributed by atoms with Gasteiger partial charge >= 0.3 is 0 Å². The molecule has 1 atom stereocenters. The molecule has 4 rings (SSSR count). The number of benzene rings is 2. The second-order valence-electron chi connectivity index (χ2n) is 6.92. The van der Waals surface area contributed by atoms with Gasteiger partial charge in [-0.05, 0) is 54.8 Å². The summed E-state index contributed by atoms with van der Waals surface area (Å²) >= 11 is 3.73. The van der Waals surface area contributed by atoms with Crippen LogP contribution in [0, 0.1) is 18.3 Å². The van der Waals surface area contributed by atoms with Crippen LogP contribution in [-0.4, -0.2) is 9.88 Å². The molecule has 2 aromatic carbocycles. The molecule has 0 spiro atoms. The first kappa shape index (κ1) is 16.3. The lowest BCUT2D eigenvalue weighted by molar-refractivity contribution is 0.106. The van der Waals surface area contributed by atoms with Gasteiger partial charge < -0.3 is 10.7 Å². The second kappa shape index (κ2) is 5.70. The average molecular weight is 395 g/mol. The van der Waals surface area contributed by atoms with E-state index in [9.17, 15) is 0 Å². The van der Waals surface area contributed by atoms with E-state index in [1.165, 1.54) is 16.7 Å². The van der Waals surface area contributed by atoms with Crippen LogP contribution in [0.4, 0.5) is 0 Å². The number of aromatic nitrogens is 1. The Morgan fingerprint density at radius 1 is 1.24 bits per heavy atom. The van der Waals surface area contributed by atoms with E-state index >= 15 is 0 Å². The summed E-state index contributed by atoms with van der Waals surface area (Å²) in [5, 5.41) is 10.3. The number of rotatable bonds is 2. The molecule has 0 aliphatic carbocycles. The average Bonchev–Trinajstić information content (AvgIpc) is 3.20. The van der Waals surface area contributed by atoms with Gasteiger partial charge in [-0.25, -0.2) is 0 Å². The van der Waals surface area contributed by atoms with Crippen LogP contribution in [-0.2, 0) is 18.8 Å². The number of hydrogen-bond donors (Lipinski definition) is 2. The molecule has 0 fully saturated rings. The van der Waals surface area contributed by atoms with Gasteiger partial charge in [0.15, 0.2) is 0 Å². The molecule has 0 bridgehead atoms. The molecular formula is C20H19BrN4. The molecule has 25 heavy (non-hydrogen) atoms. The number of nitriles is 1. The van der Waals surface area contributed by atoms with Gasteiger partial charge in [0, 0.05) is 40.2 Å². The van der Waals surface area contributed by atoms with Crippen molar-refractivity contribution in [2.45, 2.75) is 32.6 Å². The third-order valence-corrected chi connectivity index (χ3v) is 5.84. The standard InChI is InChI=1S/C20H19BrN4/c1-12-7-17(21)18(16-5-6-24-19(12)16)20(2,23)25-10-14-4-3-13(9-22)8-15(14)11-25/h3-8,24H,10-11,23H2,1-2H3. The van der Waals surface area contributed by atoms with Crippen molar-refractivity contribution >= 4 is 26.8 Å². The molecule has 1 aliphatic heterocycles. The molecule has 5 heteroatoms. The molecule has 1 unspecified atom stereocenters. The van der Waals surface area contributed by atoms with Crippen LogP contribution in [0.2, 0.25) is 0 Å². The molecule has 0 saturated heterocycles. The highest BCUT2D eigenvalue weighted by Crippen LogP contribution is 2.40. The van der Waals surface area contributed by atoms with Crippen LogP contribution in [0.25, 0.3) is 10.9 Å². The van der Waals surface area contributed by atoms with Crippen molar-refractivity contribution in [2.75, 3.05) is 0 Å². The Bertz CT molecular complexity index is 1030. The van der Waals surface area contributed by atoms with Gasteiger partial charge in [-0.15, -0.1) is 0 Å². The predicted octanol–water partition coefficient (Wildman–Crippen LogP) is 4.26. The Kier molecular flexibility index (Phi) is 3.73. The van der Waals surface area contributed by atoms with E-state index in [1.807, 2.05) is 24.4 Å². The van der Waals surface area contributed by atoms with Gasteiger partial charge in [-0.2, -0.15) is 5.26 Å².